The van der Waals surface area contributed by atoms with Crippen LogP contribution in [0.2, 0.25) is 0 Å². The fourth-order valence-corrected chi connectivity index (χ4v) is 2.37. The van der Waals surface area contributed by atoms with Crippen molar-refractivity contribution in [1.29, 1.82) is 0 Å². The first-order chi connectivity index (χ1) is 11.5. The number of rotatable bonds is 6. The number of ether oxygens (including phenoxy) is 1. The highest BCUT2D eigenvalue weighted by atomic mass is 19.1. The molecule has 1 heterocycles. The quantitative estimate of drug-likeness (QED) is 0.728. The van der Waals surface area contributed by atoms with Crippen LogP contribution in [0.1, 0.15) is 44.7 Å². The number of hydrogen-bond acceptors (Lipinski definition) is 3. The molecule has 6 heteroatoms. The van der Waals surface area contributed by atoms with Crippen LogP contribution in [0.4, 0.5) is 8.78 Å². The molecule has 24 heavy (non-hydrogen) atoms. The van der Waals surface area contributed by atoms with Gasteiger partial charge in [0.05, 0.1) is 12.6 Å². The molecule has 0 saturated carbocycles. The van der Waals surface area contributed by atoms with Gasteiger partial charge in [-0.3, -0.25) is 4.79 Å². The Bertz CT molecular complexity index is 582. The molecule has 132 valence electrons. The molecule has 0 spiro atoms. The van der Waals surface area contributed by atoms with Gasteiger partial charge in [-0.2, -0.15) is 5.10 Å². The third kappa shape index (κ3) is 5.53. The maximum Gasteiger partial charge on any atom is 0.243 e. The predicted molar refractivity (Wildman–Crippen MR) is 90.7 cm³/mol. The molecular formula is C18H24F2N2O2. The Kier molecular flexibility index (Phi) is 8.26. The first-order valence-electron chi connectivity index (χ1n) is 7.97. The molecule has 0 aromatic heterocycles. The summed E-state index contributed by atoms with van der Waals surface area (Å²) in [5, 5.41) is 5.32. The van der Waals surface area contributed by atoms with E-state index in [1.807, 2.05) is 13.8 Å². The summed E-state index contributed by atoms with van der Waals surface area (Å²) >= 11 is 0. The highest BCUT2D eigenvalue weighted by molar-refractivity contribution is 5.80. The van der Waals surface area contributed by atoms with Crippen LogP contribution in [0.15, 0.2) is 35.5 Å². The third-order valence-corrected chi connectivity index (χ3v) is 3.40. The van der Waals surface area contributed by atoms with Crippen LogP contribution >= 0.6 is 0 Å². The van der Waals surface area contributed by atoms with Gasteiger partial charge in [-0.05, 0) is 24.1 Å². The van der Waals surface area contributed by atoms with E-state index < -0.39 is 17.7 Å². The molecule has 0 fully saturated rings. The van der Waals surface area contributed by atoms with Crippen molar-refractivity contribution >= 4 is 12.1 Å². The number of amides is 1. The van der Waals surface area contributed by atoms with Crippen LogP contribution in [0.25, 0.3) is 0 Å². The van der Waals surface area contributed by atoms with E-state index >= 15 is 0 Å². The smallest absolute Gasteiger partial charge is 0.243 e. The number of methoxy groups -OCH3 is 1. The Morgan fingerprint density at radius 3 is 2.50 bits per heavy atom. The number of hydrogen-bond donors (Lipinski definition) is 0. The van der Waals surface area contributed by atoms with E-state index in [1.165, 1.54) is 17.1 Å². The minimum atomic E-state index is -0.664. The van der Waals surface area contributed by atoms with E-state index in [4.69, 9.17) is 4.74 Å². The van der Waals surface area contributed by atoms with Crippen molar-refractivity contribution in [3.8, 4) is 0 Å². The van der Waals surface area contributed by atoms with Gasteiger partial charge in [0.25, 0.3) is 0 Å². The highest BCUT2D eigenvalue weighted by Gasteiger charge is 2.28. The zero-order valence-corrected chi connectivity index (χ0v) is 14.4. The second kappa shape index (κ2) is 9.93. The first kappa shape index (κ1) is 20.0. The van der Waals surface area contributed by atoms with Crippen LogP contribution in [0, 0.1) is 11.6 Å². The molecule has 4 nitrogen and oxygen atoms in total. The molecule has 0 N–H and O–H groups in total. The van der Waals surface area contributed by atoms with E-state index in [0.717, 1.165) is 11.6 Å². The molecule has 2 rings (SSSR count). The van der Waals surface area contributed by atoms with Crippen LogP contribution in [0.3, 0.4) is 0 Å². The average molecular weight is 338 g/mol. The molecule has 1 aromatic rings. The number of benzene rings is 1. The summed E-state index contributed by atoms with van der Waals surface area (Å²) in [6.45, 7) is 8.21. The van der Waals surface area contributed by atoms with Crippen molar-refractivity contribution in [2.75, 3.05) is 13.7 Å². The monoisotopic (exact) mass is 338 g/mol. The maximum absolute atomic E-state index is 13.3. The highest BCUT2D eigenvalue weighted by Crippen LogP contribution is 2.30. The summed E-state index contributed by atoms with van der Waals surface area (Å²) in [4.78, 5) is 12.3. The largest absolute Gasteiger partial charge is 0.380 e. The van der Waals surface area contributed by atoms with Crippen molar-refractivity contribution < 1.29 is 18.3 Å². The Balaban J connectivity index is 0.00000139. The summed E-state index contributed by atoms with van der Waals surface area (Å²) in [7, 11) is 1.56. The molecule has 1 amide bonds. The molecule has 0 bridgehead atoms. The van der Waals surface area contributed by atoms with Gasteiger partial charge in [0, 0.05) is 32.2 Å². The minimum Gasteiger partial charge on any atom is -0.380 e. The van der Waals surface area contributed by atoms with Crippen molar-refractivity contribution in [3.63, 3.8) is 0 Å². The summed E-state index contributed by atoms with van der Waals surface area (Å²) in [6, 6.07) is 2.80. The van der Waals surface area contributed by atoms with E-state index in [1.54, 1.807) is 13.3 Å². The lowest BCUT2D eigenvalue weighted by Gasteiger charge is -2.22. The second-order valence-corrected chi connectivity index (χ2v) is 5.17. The van der Waals surface area contributed by atoms with E-state index in [9.17, 15) is 13.6 Å². The topological polar surface area (TPSA) is 41.9 Å². The number of nitrogens with zero attached hydrogens (tertiary/aromatic N) is 2. The SMILES string of the molecule is C=C(CCC(=O)N1N=CCC1c1cc(F)cc(F)c1)COC.CC. The summed E-state index contributed by atoms with van der Waals surface area (Å²) in [5.41, 5.74) is 1.21. The van der Waals surface area contributed by atoms with Crippen molar-refractivity contribution in [2.45, 2.75) is 39.2 Å². The van der Waals surface area contributed by atoms with E-state index in [0.29, 0.717) is 25.0 Å². The van der Waals surface area contributed by atoms with E-state index in [2.05, 4.69) is 11.7 Å². The fourth-order valence-electron chi connectivity index (χ4n) is 2.37. The van der Waals surface area contributed by atoms with Crippen LogP contribution in [0.5, 0.6) is 0 Å². The number of carbonyl (C=O) groups excluding carboxylic acids is 1. The van der Waals surface area contributed by atoms with Crippen LogP contribution in [-0.2, 0) is 9.53 Å². The second-order valence-electron chi connectivity index (χ2n) is 5.17. The third-order valence-electron chi connectivity index (χ3n) is 3.40. The van der Waals surface area contributed by atoms with Crippen molar-refractivity contribution in [3.05, 3.63) is 47.5 Å². The summed E-state index contributed by atoms with van der Waals surface area (Å²) in [5.74, 6) is -1.54. The standard InChI is InChI=1S/C16H18F2N2O2.C2H6/c1-11(10-22-2)3-4-16(21)20-15(5-6-19-20)12-7-13(17)9-14(18)8-12;1-2/h6-9,15H,1,3-5,10H2,2H3;1-2H3. The first-order valence-corrected chi connectivity index (χ1v) is 7.97. The zero-order chi connectivity index (χ0) is 18.1. The average Bonchev–Trinajstić information content (AvgIpc) is 3.03. The molecule has 1 unspecified atom stereocenters. The summed E-state index contributed by atoms with van der Waals surface area (Å²) in [6.07, 6.45) is 2.74. The summed E-state index contributed by atoms with van der Waals surface area (Å²) < 4.78 is 31.6. The van der Waals surface area contributed by atoms with Crippen LogP contribution in [-0.4, -0.2) is 30.8 Å². The fraction of sp³-hybridized carbons (Fsp3) is 0.444. The lowest BCUT2D eigenvalue weighted by Crippen LogP contribution is -2.27. The Morgan fingerprint density at radius 2 is 1.92 bits per heavy atom. The molecule has 1 aliphatic heterocycles. The number of halogens is 2. The van der Waals surface area contributed by atoms with Gasteiger partial charge in [0.2, 0.25) is 5.91 Å². The number of hydrazone groups is 1. The Labute approximate surface area is 141 Å². The minimum absolute atomic E-state index is 0.208. The maximum atomic E-state index is 13.3. The van der Waals surface area contributed by atoms with Gasteiger partial charge in [0.15, 0.2) is 0 Å². The normalized spacial score (nSPS) is 15.9. The van der Waals surface area contributed by atoms with Gasteiger partial charge in [0.1, 0.15) is 11.6 Å². The van der Waals surface area contributed by atoms with Crippen molar-refractivity contribution in [2.24, 2.45) is 5.10 Å². The number of carbonyl (C=O) groups is 1. The molecule has 0 saturated heterocycles. The van der Waals surface area contributed by atoms with Gasteiger partial charge >= 0.3 is 0 Å². The van der Waals surface area contributed by atoms with Gasteiger partial charge < -0.3 is 4.74 Å². The molecular weight excluding hydrogens is 314 g/mol. The van der Waals surface area contributed by atoms with Crippen molar-refractivity contribution in [1.82, 2.24) is 5.01 Å². The lowest BCUT2D eigenvalue weighted by atomic mass is 10.0. The van der Waals surface area contributed by atoms with Crippen LogP contribution < -0.4 is 0 Å². The van der Waals surface area contributed by atoms with Gasteiger partial charge in [-0.25, -0.2) is 13.8 Å². The lowest BCUT2D eigenvalue weighted by molar-refractivity contribution is -0.133. The van der Waals surface area contributed by atoms with Gasteiger partial charge in [-0.1, -0.05) is 26.0 Å². The molecule has 0 radical (unpaired) electrons. The molecule has 0 aliphatic carbocycles. The Hall–Kier alpha value is -2.08. The van der Waals surface area contributed by atoms with E-state index in [-0.39, 0.29) is 12.3 Å². The zero-order valence-electron chi connectivity index (χ0n) is 14.4. The Morgan fingerprint density at radius 1 is 1.29 bits per heavy atom. The predicted octanol–water partition coefficient (Wildman–Crippen LogP) is 4.23. The van der Waals surface area contributed by atoms with Gasteiger partial charge in [-0.15, -0.1) is 0 Å². The molecule has 1 aromatic carbocycles. The molecule has 1 aliphatic rings. The molecule has 1 atom stereocenters.